The van der Waals surface area contributed by atoms with Crippen LogP contribution < -0.4 is 16.0 Å². The van der Waals surface area contributed by atoms with E-state index in [4.69, 9.17) is 16.4 Å². The SMILES string of the molecule is CCC[C@H](NC(=O)[C@@H]1C[C@]2(CC(c3cc(Cl)cc4cccnc34)=NO2)CN1C(=O)[C@@H](NC(=O)CC1CCCCC1)C(C)(C)C)C(=O)C(=O)NC1CC1. The van der Waals surface area contributed by atoms with Crippen molar-refractivity contribution in [2.24, 2.45) is 16.5 Å². The summed E-state index contributed by atoms with van der Waals surface area (Å²) in [4.78, 5) is 80.6. The highest BCUT2D eigenvalue weighted by Gasteiger charge is 2.56. The van der Waals surface area contributed by atoms with Gasteiger partial charge in [0.1, 0.15) is 12.1 Å². The molecule has 0 bridgehead atoms. The van der Waals surface area contributed by atoms with Gasteiger partial charge in [0.15, 0.2) is 5.60 Å². The van der Waals surface area contributed by atoms with Crippen molar-refractivity contribution in [2.45, 2.75) is 135 Å². The van der Waals surface area contributed by atoms with Crippen LogP contribution in [0.1, 0.15) is 110 Å². The van der Waals surface area contributed by atoms with E-state index in [2.05, 4.69) is 26.1 Å². The number of likely N-dealkylation sites (tertiary alicyclic amines) is 1. The van der Waals surface area contributed by atoms with Gasteiger partial charge in [-0.1, -0.05) is 76.2 Å². The molecule has 0 radical (unpaired) electrons. The van der Waals surface area contributed by atoms with Gasteiger partial charge in [0, 0.05) is 47.5 Å². The Bertz CT molecular complexity index is 1750. The summed E-state index contributed by atoms with van der Waals surface area (Å²) in [6.45, 7) is 7.54. The van der Waals surface area contributed by atoms with E-state index in [0.717, 1.165) is 43.9 Å². The van der Waals surface area contributed by atoms with Gasteiger partial charge in [0.2, 0.25) is 23.5 Å². The number of hydrogen-bond donors (Lipinski definition) is 3. The second kappa shape index (κ2) is 15.5. The number of amides is 4. The molecule has 2 aliphatic heterocycles. The van der Waals surface area contributed by atoms with Crippen LogP contribution in [0.4, 0.5) is 0 Å². The number of pyridine rings is 1. The zero-order chi connectivity index (χ0) is 37.2. The van der Waals surface area contributed by atoms with Crippen LogP contribution in [0.15, 0.2) is 35.6 Å². The number of halogens is 1. The summed E-state index contributed by atoms with van der Waals surface area (Å²) in [6, 6.07) is 4.28. The molecule has 1 aromatic carbocycles. The molecule has 13 heteroatoms. The van der Waals surface area contributed by atoms with Gasteiger partial charge in [-0.3, -0.25) is 29.0 Å². The van der Waals surface area contributed by atoms with E-state index in [1.54, 1.807) is 12.3 Å². The van der Waals surface area contributed by atoms with Gasteiger partial charge in [-0.05, 0) is 61.6 Å². The van der Waals surface area contributed by atoms with Crippen LogP contribution >= 0.6 is 11.6 Å². The minimum Gasteiger partial charge on any atom is -0.387 e. The smallest absolute Gasteiger partial charge is 0.289 e. The Morgan fingerprint density at radius 3 is 2.50 bits per heavy atom. The number of aromatic nitrogens is 1. The summed E-state index contributed by atoms with van der Waals surface area (Å²) in [5, 5.41) is 14.4. The molecule has 2 aromatic rings. The Morgan fingerprint density at radius 2 is 1.81 bits per heavy atom. The van der Waals surface area contributed by atoms with Gasteiger partial charge in [0.05, 0.1) is 23.8 Å². The third kappa shape index (κ3) is 8.59. The molecule has 2 saturated carbocycles. The van der Waals surface area contributed by atoms with Crippen LogP contribution in [0.25, 0.3) is 10.9 Å². The molecular formula is C39H51ClN6O6. The largest absolute Gasteiger partial charge is 0.387 e. The van der Waals surface area contributed by atoms with E-state index in [1.807, 2.05) is 45.9 Å². The van der Waals surface area contributed by atoms with E-state index in [0.29, 0.717) is 34.7 Å². The topological polar surface area (TPSA) is 159 Å². The molecule has 6 rings (SSSR count). The number of nitrogens with one attached hydrogen (secondary N) is 3. The first kappa shape index (κ1) is 37.7. The lowest BCUT2D eigenvalue weighted by molar-refractivity contribution is -0.145. The van der Waals surface area contributed by atoms with Crippen molar-refractivity contribution < 1.29 is 28.8 Å². The normalized spacial score (nSPS) is 23.1. The minimum atomic E-state index is -1.07. The summed E-state index contributed by atoms with van der Waals surface area (Å²) in [5.74, 6) is -2.32. The maximum absolute atomic E-state index is 14.7. The highest BCUT2D eigenvalue weighted by atomic mass is 35.5. The molecule has 4 atom stereocenters. The number of carbonyl (C=O) groups excluding carboxylic acids is 5. The molecule has 2 aliphatic carbocycles. The van der Waals surface area contributed by atoms with Crippen molar-refractivity contribution >= 4 is 57.6 Å². The number of ketones is 1. The first-order chi connectivity index (χ1) is 24.8. The van der Waals surface area contributed by atoms with Gasteiger partial charge >= 0.3 is 0 Å². The third-order valence-electron chi connectivity index (χ3n) is 10.8. The Labute approximate surface area is 310 Å². The van der Waals surface area contributed by atoms with Crippen molar-refractivity contribution in [3.8, 4) is 0 Å². The molecule has 3 fully saturated rings. The van der Waals surface area contributed by atoms with E-state index in [1.165, 1.54) is 11.3 Å². The predicted molar refractivity (Wildman–Crippen MR) is 197 cm³/mol. The molecule has 4 amide bonds. The average Bonchev–Trinajstić information content (AvgIpc) is 3.70. The standard InChI is InChI=1S/C39H51ClN6O6/c1-5-10-28(33(48)36(50)42-26-14-15-26)43-35(49)30-21-39(20-29(45-52-39)27-19-25(40)18-24-13-9-16-41-32(24)27)22-46(30)37(51)34(38(2,3)4)44-31(47)17-23-11-7-6-8-12-23/h9,13,16,18-19,23,26,28,30,34H,5-8,10-12,14-15,17,20-22H2,1-4H3,(H,42,50)(H,43,49)(H,44,47)/t28-,30-,34+,39+/m0/s1. The fourth-order valence-corrected chi connectivity index (χ4v) is 8.03. The van der Waals surface area contributed by atoms with E-state index < -0.39 is 52.6 Å². The molecule has 12 nitrogen and oxygen atoms in total. The number of carbonyl (C=O) groups is 5. The molecule has 1 spiro atoms. The summed E-state index contributed by atoms with van der Waals surface area (Å²) < 4.78 is 0. The highest BCUT2D eigenvalue weighted by molar-refractivity contribution is 6.38. The fraction of sp³-hybridized carbons (Fsp3) is 0.615. The molecule has 4 aliphatic rings. The van der Waals surface area contributed by atoms with Gasteiger partial charge in [-0.25, -0.2) is 0 Å². The van der Waals surface area contributed by atoms with E-state index in [9.17, 15) is 24.0 Å². The predicted octanol–water partition coefficient (Wildman–Crippen LogP) is 4.99. The molecule has 280 valence electrons. The van der Waals surface area contributed by atoms with Crippen LogP contribution in [0.3, 0.4) is 0 Å². The number of benzene rings is 1. The first-order valence-electron chi connectivity index (χ1n) is 18.8. The minimum absolute atomic E-state index is 0.0135. The lowest BCUT2D eigenvalue weighted by Gasteiger charge is -2.36. The number of Topliss-reactive ketones (excluding diaryl/α,β-unsaturated/α-hetero) is 1. The first-order valence-corrected chi connectivity index (χ1v) is 19.2. The van der Waals surface area contributed by atoms with E-state index in [-0.39, 0.29) is 43.7 Å². The van der Waals surface area contributed by atoms with Crippen molar-refractivity contribution in [3.05, 3.63) is 41.0 Å². The molecule has 3 N–H and O–H groups in total. The van der Waals surface area contributed by atoms with Crippen molar-refractivity contribution in [2.75, 3.05) is 6.54 Å². The zero-order valence-corrected chi connectivity index (χ0v) is 31.4. The Hall–Kier alpha value is -4.06. The van der Waals surface area contributed by atoms with Crippen molar-refractivity contribution in [1.82, 2.24) is 25.8 Å². The molecule has 1 aromatic heterocycles. The monoisotopic (exact) mass is 734 g/mol. The molecular weight excluding hydrogens is 684 g/mol. The Kier molecular flexibility index (Phi) is 11.2. The third-order valence-corrected chi connectivity index (χ3v) is 11.0. The number of rotatable bonds is 12. The maximum Gasteiger partial charge on any atom is 0.289 e. The van der Waals surface area contributed by atoms with Gasteiger partial charge < -0.3 is 25.7 Å². The quantitative estimate of drug-likeness (QED) is 0.259. The summed E-state index contributed by atoms with van der Waals surface area (Å²) >= 11 is 6.50. The van der Waals surface area contributed by atoms with Gasteiger partial charge in [-0.15, -0.1) is 0 Å². The van der Waals surface area contributed by atoms with E-state index >= 15 is 0 Å². The van der Waals surface area contributed by atoms with Gasteiger partial charge in [0.25, 0.3) is 5.91 Å². The van der Waals surface area contributed by atoms with Crippen LogP contribution in [-0.4, -0.2) is 81.3 Å². The number of fused-ring (bicyclic) bond motifs is 1. The summed E-state index contributed by atoms with van der Waals surface area (Å²) in [7, 11) is 0. The summed E-state index contributed by atoms with van der Waals surface area (Å²) in [5.41, 5.74) is 0.220. The molecule has 1 saturated heterocycles. The number of oxime groups is 1. The van der Waals surface area contributed by atoms with Crippen molar-refractivity contribution in [1.29, 1.82) is 0 Å². The molecule has 52 heavy (non-hydrogen) atoms. The van der Waals surface area contributed by atoms with Crippen molar-refractivity contribution in [3.63, 3.8) is 0 Å². The number of hydrogen-bond acceptors (Lipinski definition) is 8. The Balaban J connectivity index is 1.27. The lowest BCUT2D eigenvalue weighted by atomic mass is 9.84. The van der Waals surface area contributed by atoms with Crippen LogP contribution in [0.5, 0.6) is 0 Å². The zero-order valence-electron chi connectivity index (χ0n) is 30.6. The lowest BCUT2D eigenvalue weighted by Crippen LogP contribution is -2.59. The maximum atomic E-state index is 14.7. The average molecular weight is 735 g/mol. The second-order valence-corrected chi connectivity index (χ2v) is 16.7. The highest BCUT2D eigenvalue weighted by Crippen LogP contribution is 2.41. The van der Waals surface area contributed by atoms with Gasteiger partial charge in [-0.2, -0.15) is 0 Å². The Morgan fingerprint density at radius 1 is 1.06 bits per heavy atom. The van der Waals surface area contributed by atoms with Crippen LogP contribution in [0, 0.1) is 11.3 Å². The second-order valence-electron chi connectivity index (χ2n) is 16.2. The van der Waals surface area contributed by atoms with Crippen LogP contribution in [-0.2, 0) is 28.8 Å². The molecule has 0 unspecified atom stereocenters. The molecule has 3 heterocycles. The fourth-order valence-electron chi connectivity index (χ4n) is 7.81. The van der Waals surface area contributed by atoms with Crippen LogP contribution in [0.2, 0.25) is 5.02 Å². The number of nitrogens with zero attached hydrogens (tertiary/aromatic N) is 3. The summed E-state index contributed by atoms with van der Waals surface area (Å²) in [6.07, 6.45) is 10.2.